The van der Waals surface area contributed by atoms with Crippen molar-refractivity contribution in [3.8, 4) is 0 Å². The first kappa shape index (κ1) is 14.8. The largest absolute Gasteiger partial charge is 0.306 e. The quantitative estimate of drug-likeness (QED) is 0.817. The molecule has 0 aliphatic heterocycles. The molecule has 0 amide bonds. The van der Waals surface area contributed by atoms with Crippen LogP contribution in [0.5, 0.6) is 0 Å². The van der Waals surface area contributed by atoms with Crippen LogP contribution in [0, 0.1) is 6.92 Å². The Balaban J connectivity index is 1.95. The molecule has 112 valence electrons. The fourth-order valence-corrected chi connectivity index (χ4v) is 4.57. The van der Waals surface area contributed by atoms with E-state index < -0.39 is 0 Å². The fourth-order valence-electron chi connectivity index (χ4n) is 3.22. The van der Waals surface area contributed by atoms with Crippen molar-refractivity contribution in [2.75, 3.05) is 6.54 Å². The summed E-state index contributed by atoms with van der Waals surface area (Å²) in [5, 5.41) is 3.76. The van der Waals surface area contributed by atoms with Crippen LogP contribution in [0.1, 0.15) is 58.7 Å². The van der Waals surface area contributed by atoms with Crippen LogP contribution in [-0.4, -0.2) is 6.54 Å². The summed E-state index contributed by atoms with van der Waals surface area (Å²) in [4.78, 5) is 3.14. The second-order valence-corrected chi connectivity index (χ2v) is 7.22. The monoisotopic (exact) mass is 299 g/mol. The lowest BCUT2D eigenvalue weighted by Gasteiger charge is -2.19. The molecule has 1 aliphatic rings. The molecule has 0 saturated carbocycles. The van der Waals surface area contributed by atoms with Crippen molar-refractivity contribution in [3.05, 3.63) is 56.8 Å². The van der Waals surface area contributed by atoms with Gasteiger partial charge in [-0.15, -0.1) is 11.3 Å². The lowest BCUT2D eigenvalue weighted by atomic mass is 9.96. The molecule has 1 aromatic heterocycles. The second-order valence-electron chi connectivity index (χ2n) is 6.05. The summed E-state index contributed by atoms with van der Waals surface area (Å²) in [6.45, 7) is 5.53. The summed E-state index contributed by atoms with van der Waals surface area (Å²) in [6.07, 6.45) is 6.47. The van der Waals surface area contributed by atoms with Gasteiger partial charge >= 0.3 is 0 Å². The Labute approximate surface area is 132 Å². The summed E-state index contributed by atoms with van der Waals surface area (Å²) in [6, 6.07) is 11.6. The van der Waals surface area contributed by atoms with E-state index in [2.05, 4.69) is 49.5 Å². The molecule has 1 aromatic carbocycles. The molecule has 0 fully saturated rings. The minimum Gasteiger partial charge on any atom is -0.306 e. The van der Waals surface area contributed by atoms with Crippen molar-refractivity contribution in [1.82, 2.24) is 5.32 Å². The van der Waals surface area contributed by atoms with Gasteiger partial charge < -0.3 is 5.32 Å². The van der Waals surface area contributed by atoms with Crippen LogP contribution in [0.3, 0.4) is 0 Å². The molecule has 1 N–H and O–H groups in total. The number of hydrogen-bond acceptors (Lipinski definition) is 2. The molecule has 3 rings (SSSR count). The van der Waals surface area contributed by atoms with Gasteiger partial charge in [0.05, 0.1) is 6.04 Å². The van der Waals surface area contributed by atoms with Crippen molar-refractivity contribution >= 4 is 11.3 Å². The molecule has 2 heteroatoms. The standard InChI is InChI=1S/C19H25NS/c1-3-12-20-19(16-10-6-4-8-14(16)2)18-13-15-9-5-7-11-17(15)21-18/h4,6,8,10,13,19-20H,3,5,7,9,11-12H2,1-2H3. The third-order valence-corrected chi connectivity index (χ3v) is 5.70. The number of hydrogen-bond donors (Lipinski definition) is 1. The van der Waals surface area contributed by atoms with Crippen molar-refractivity contribution in [3.63, 3.8) is 0 Å². The summed E-state index contributed by atoms with van der Waals surface area (Å²) in [5.74, 6) is 0. The van der Waals surface area contributed by atoms with E-state index in [1.165, 1.54) is 48.1 Å². The molecule has 0 bridgehead atoms. The molecule has 0 saturated heterocycles. The molecule has 1 aliphatic carbocycles. The Bertz CT molecular complexity index is 576. The van der Waals surface area contributed by atoms with Crippen molar-refractivity contribution in [2.45, 2.75) is 52.0 Å². The molecule has 2 aromatic rings. The maximum absolute atomic E-state index is 3.76. The predicted molar refractivity (Wildman–Crippen MR) is 92.3 cm³/mol. The van der Waals surface area contributed by atoms with E-state index in [1.54, 1.807) is 10.4 Å². The lowest BCUT2D eigenvalue weighted by molar-refractivity contribution is 0.603. The van der Waals surface area contributed by atoms with Crippen LogP contribution in [0.15, 0.2) is 30.3 Å². The Morgan fingerprint density at radius 1 is 1.19 bits per heavy atom. The van der Waals surface area contributed by atoms with Gasteiger partial charge in [0.15, 0.2) is 0 Å². The van der Waals surface area contributed by atoms with Gasteiger partial charge in [-0.3, -0.25) is 0 Å². The Kier molecular flexibility index (Phi) is 4.77. The van der Waals surface area contributed by atoms with Crippen molar-refractivity contribution in [1.29, 1.82) is 0 Å². The van der Waals surface area contributed by atoms with E-state index in [4.69, 9.17) is 0 Å². The number of aryl methyl sites for hydroxylation is 3. The van der Waals surface area contributed by atoms with Crippen LogP contribution < -0.4 is 5.32 Å². The third kappa shape index (κ3) is 3.22. The highest BCUT2D eigenvalue weighted by Crippen LogP contribution is 2.36. The first-order valence-electron chi connectivity index (χ1n) is 8.20. The van der Waals surface area contributed by atoms with E-state index in [9.17, 15) is 0 Å². The van der Waals surface area contributed by atoms with E-state index in [0.29, 0.717) is 6.04 Å². The number of fused-ring (bicyclic) bond motifs is 1. The Hall–Kier alpha value is -1.12. The average molecular weight is 299 g/mol. The van der Waals surface area contributed by atoms with Gasteiger partial charge in [-0.05, 0) is 68.3 Å². The predicted octanol–water partition coefficient (Wildman–Crippen LogP) is 5.02. The van der Waals surface area contributed by atoms with Gasteiger partial charge in [-0.25, -0.2) is 0 Å². The molecule has 1 nitrogen and oxygen atoms in total. The molecular formula is C19H25NS. The van der Waals surface area contributed by atoms with Gasteiger partial charge in [0, 0.05) is 9.75 Å². The zero-order valence-corrected chi connectivity index (χ0v) is 13.9. The maximum atomic E-state index is 3.76. The minimum atomic E-state index is 0.363. The first-order chi connectivity index (χ1) is 10.3. The van der Waals surface area contributed by atoms with Gasteiger partial charge in [-0.1, -0.05) is 31.2 Å². The number of benzene rings is 1. The van der Waals surface area contributed by atoms with Gasteiger partial charge in [0.25, 0.3) is 0 Å². The van der Waals surface area contributed by atoms with Gasteiger partial charge in [0.2, 0.25) is 0 Å². The van der Waals surface area contributed by atoms with E-state index in [1.807, 2.05) is 11.3 Å². The van der Waals surface area contributed by atoms with Crippen molar-refractivity contribution in [2.24, 2.45) is 0 Å². The fraction of sp³-hybridized carbons (Fsp3) is 0.474. The maximum Gasteiger partial charge on any atom is 0.0673 e. The van der Waals surface area contributed by atoms with Crippen LogP contribution in [0.25, 0.3) is 0 Å². The SMILES string of the molecule is CCCNC(c1cc2c(s1)CCCC2)c1ccccc1C. The Morgan fingerprint density at radius 2 is 2.00 bits per heavy atom. The highest BCUT2D eigenvalue weighted by molar-refractivity contribution is 7.12. The van der Waals surface area contributed by atoms with Crippen LogP contribution >= 0.6 is 11.3 Å². The summed E-state index contributed by atoms with van der Waals surface area (Å²) >= 11 is 2.03. The molecular weight excluding hydrogens is 274 g/mol. The first-order valence-corrected chi connectivity index (χ1v) is 9.01. The summed E-state index contributed by atoms with van der Waals surface area (Å²) in [7, 11) is 0. The van der Waals surface area contributed by atoms with Gasteiger partial charge in [-0.2, -0.15) is 0 Å². The molecule has 0 spiro atoms. The third-order valence-electron chi connectivity index (χ3n) is 4.40. The van der Waals surface area contributed by atoms with Crippen LogP contribution in [-0.2, 0) is 12.8 Å². The highest BCUT2D eigenvalue weighted by Gasteiger charge is 2.21. The normalized spacial score (nSPS) is 15.7. The lowest BCUT2D eigenvalue weighted by Crippen LogP contribution is -2.23. The van der Waals surface area contributed by atoms with Gasteiger partial charge in [0.1, 0.15) is 0 Å². The minimum absolute atomic E-state index is 0.363. The average Bonchev–Trinajstić information content (AvgIpc) is 2.93. The molecule has 1 heterocycles. The van der Waals surface area contributed by atoms with Crippen molar-refractivity contribution < 1.29 is 0 Å². The topological polar surface area (TPSA) is 12.0 Å². The zero-order valence-electron chi connectivity index (χ0n) is 13.1. The van der Waals surface area contributed by atoms with Crippen LogP contribution in [0.4, 0.5) is 0 Å². The zero-order chi connectivity index (χ0) is 14.7. The summed E-state index contributed by atoms with van der Waals surface area (Å²) < 4.78 is 0. The highest BCUT2D eigenvalue weighted by atomic mass is 32.1. The molecule has 0 radical (unpaired) electrons. The Morgan fingerprint density at radius 3 is 2.76 bits per heavy atom. The number of nitrogens with one attached hydrogen (secondary N) is 1. The van der Waals surface area contributed by atoms with E-state index in [-0.39, 0.29) is 0 Å². The number of thiophene rings is 1. The molecule has 21 heavy (non-hydrogen) atoms. The van der Waals surface area contributed by atoms with Crippen LogP contribution in [0.2, 0.25) is 0 Å². The summed E-state index contributed by atoms with van der Waals surface area (Å²) in [5.41, 5.74) is 4.43. The second kappa shape index (κ2) is 6.76. The number of rotatable bonds is 5. The van der Waals surface area contributed by atoms with E-state index >= 15 is 0 Å². The molecule has 1 atom stereocenters. The smallest absolute Gasteiger partial charge is 0.0673 e. The molecule has 1 unspecified atom stereocenters. The van der Waals surface area contributed by atoms with E-state index in [0.717, 1.165) is 6.54 Å².